The maximum absolute atomic E-state index is 6.34. The summed E-state index contributed by atoms with van der Waals surface area (Å²) in [5, 5.41) is 4.50. The smallest absolute Gasteiger partial charge is 0.139 e. The van der Waals surface area contributed by atoms with Crippen molar-refractivity contribution in [3.05, 3.63) is 28.2 Å². The van der Waals surface area contributed by atoms with Crippen molar-refractivity contribution in [2.75, 3.05) is 26.3 Å². The summed E-state index contributed by atoms with van der Waals surface area (Å²) in [5.41, 5.74) is 0. The lowest BCUT2D eigenvalue weighted by Crippen LogP contribution is -2.39. The first-order valence-corrected chi connectivity index (χ1v) is 8.40. The Kier molecular flexibility index (Phi) is 5.28. The molecule has 1 N–H and O–H groups in total. The molecule has 2 saturated heterocycles. The number of nitrogens with one attached hydrogen (secondary N) is 1. The van der Waals surface area contributed by atoms with E-state index < -0.39 is 0 Å². The number of hydrogen-bond acceptors (Lipinski definition) is 3. The molecule has 3 rings (SSSR count). The van der Waals surface area contributed by atoms with Gasteiger partial charge in [-0.05, 0) is 37.9 Å². The first-order valence-electron chi connectivity index (χ1n) is 7.65. The highest BCUT2D eigenvalue weighted by atomic mass is 35.5. The molecule has 0 bridgehead atoms. The Balaban J connectivity index is 1.79. The Labute approximate surface area is 135 Å². The van der Waals surface area contributed by atoms with Crippen LogP contribution in [0.3, 0.4) is 0 Å². The van der Waals surface area contributed by atoms with Crippen LogP contribution >= 0.6 is 23.2 Å². The normalized spacial score (nSPS) is 25.0. The summed E-state index contributed by atoms with van der Waals surface area (Å²) in [6.45, 7) is 3.74. The van der Waals surface area contributed by atoms with E-state index in [1.165, 1.54) is 0 Å². The van der Waals surface area contributed by atoms with E-state index in [1.54, 1.807) is 6.07 Å². The van der Waals surface area contributed by atoms with Gasteiger partial charge < -0.3 is 14.8 Å². The average molecular weight is 330 g/mol. The molecule has 0 unspecified atom stereocenters. The molecule has 2 fully saturated rings. The van der Waals surface area contributed by atoms with Gasteiger partial charge in [0.2, 0.25) is 0 Å². The predicted octanol–water partition coefficient (Wildman–Crippen LogP) is 3.78. The first kappa shape index (κ1) is 15.4. The topological polar surface area (TPSA) is 30.5 Å². The van der Waals surface area contributed by atoms with Crippen LogP contribution in [-0.2, 0) is 4.74 Å². The molecule has 21 heavy (non-hydrogen) atoms. The second kappa shape index (κ2) is 7.19. The SMILES string of the molecule is Clc1cccc(O[C@H](C2CCOCC2)[C@H]2CCNC2)c1Cl. The predicted molar refractivity (Wildman–Crippen MR) is 85.4 cm³/mol. The van der Waals surface area contributed by atoms with Gasteiger partial charge in [-0.1, -0.05) is 29.3 Å². The van der Waals surface area contributed by atoms with Crippen molar-refractivity contribution in [2.24, 2.45) is 11.8 Å². The molecule has 2 aliphatic rings. The molecule has 116 valence electrons. The molecule has 0 saturated carbocycles. The van der Waals surface area contributed by atoms with Gasteiger partial charge in [0.05, 0.1) is 5.02 Å². The van der Waals surface area contributed by atoms with E-state index in [9.17, 15) is 0 Å². The highest BCUT2D eigenvalue weighted by Gasteiger charge is 2.34. The van der Waals surface area contributed by atoms with Crippen molar-refractivity contribution in [1.82, 2.24) is 5.32 Å². The summed E-state index contributed by atoms with van der Waals surface area (Å²) in [5.74, 6) is 1.76. The Bertz CT molecular complexity index is 471. The zero-order valence-electron chi connectivity index (χ0n) is 12.0. The van der Waals surface area contributed by atoms with Crippen LogP contribution in [0.4, 0.5) is 0 Å². The van der Waals surface area contributed by atoms with E-state index in [2.05, 4.69) is 5.32 Å². The van der Waals surface area contributed by atoms with Crippen molar-refractivity contribution < 1.29 is 9.47 Å². The quantitative estimate of drug-likeness (QED) is 0.911. The van der Waals surface area contributed by atoms with Crippen LogP contribution in [0.5, 0.6) is 5.75 Å². The first-order chi connectivity index (χ1) is 10.3. The summed E-state index contributed by atoms with van der Waals surface area (Å²) in [6, 6.07) is 5.58. The van der Waals surface area contributed by atoms with Gasteiger partial charge in [0, 0.05) is 31.6 Å². The third kappa shape index (κ3) is 3.65. The number of hydrogen-bond donors (Lipinski definition) is 1. The Morgan fingerprint density at radius 3 is 2.67 bits per heavy atom. The van der Waals surface area contributed by atoms with Gasteiger partial charge in [-0.25, -0.2) is 0 Å². The van der Waals surface area contributed by atoms with Crippen LogP contribution in [-0.4, -0.2) is 32.4 Å². The number of ether oxygens (including phenoxy) is 2. The maximum atomic E-state index is 6.34. The fourth-order valence-corrected chi connectivity index (χ4v) is 3.64. The van der Waals surface area contributed by atoms with Gasteiger partial charge >= 0.3 is 0 Å². The second-order valence-corrected chi connectivity index (χ2v) is 6.62. The second-order valence-electron chi connectivity index (χ2n) is 5.84. The molecule has 0 aromatic heterocycles. The highest BCUT2D eigenvalue weighted by molar-refractivity contribution is 6.42. The van der Waals surface area contributed by atoms with Crippen molar-refractivity contribution in [1.29, 1.82) is 0 Å². The summed E-state index contributed by atoms with van der Waals surface area (Å²) < 4.78 is 11.8. The fourth-order valence-electron chi connectivity index (χ4n) is 3.30. The van der Waals surface area contributed by atoms with Crippen LogP contribution in [0.2, 0.25) is 10.0 Å². The van der Waals surface area contributed by atoms with Gasteiger partial charge in [0.25, 0.3) is 0 Å². The summed E-state index contributed by atoms with van der Waals surface area (Å²) in [6.07, 6.45) is 3.44. The maximum Gasteiger partial charge on any atom is 0.139 e. The summed E-state index contributed by atoms with van der Waals surface area (Å²) in [7, 11) is 0. The van der Waals surface area contributed by atoms with Crippen LogP contribution in [0.15, 0.2) is 18.2 Å². The van der Waals surface area contributed by atoms with E-state index >= 15 is 0 Å². The van der Waals surface area contributed by atoms with Gasteiger partial charge in [-0.2, -0.15) is 0 Å². The standard InChI is InChI=1S/C16H21Cl2NO2/c17-13-2-1-3-14(15(13)18)21-16(12-4-7-19-10-12)11-5-8-20-9-6-11/h1-3,11-12,16,19H,4-10H2/t12-,16+/m0/s1. The minimum Gasteiger partial charge on any atom is -0.488 e. The van der Waals surface area contributed by atoms with Gasteiger partial charge in [-0.15, -0.1) is 0 Å². The van der Waals surface area contributed by atoms with E-state index in [4.69, 9.17) is 32.7 Å². The summed E-state index contributed by atoms with van der Waals surface area (Å²) in [4.78, 5) is 0. The molecule has 0 amide bonds. The van der Waals surface area contributed by atoms with Crippen LogP contribution < -0.4 is 10.1 Å². The zero-order chi connectivity index (χ0) is 14.7. The molecule has 1 aromatic rings. The van der Waals surface area contributed by atoms with E-state index in [-0.39, 0.29) is 6.10 Å². The van der Waals surface area contributed by atoms with Gasteiger partial charge in [-0.3, -0.25) is 0 Å². The van der Waals surface area contributed by atoms with Crippen molar-refractivity contribution >= 4 is 23.2 Å². The van der Waals surface area contributed by atoms with E-state index in [0.29, 0.717) is 27.6 Å². The molecule has 3 nitrogen and oxygen atoms in total. The van der Waals surface area contributed by atoms with Crippen molar-refractivity contribution in [2.45, 2.75) is 25.4 Å². The largest absolute Gasteiger partial charge is 0.488 e. The van der Waals surface area contributed by atoms with E-state index in [0.717, 1.165) is 45.6 Å². The third-order valence-electron chi connectivity index (χ3n) is 4.47. The zero-order valence-corrected chi connectivity index (χ0v) is 13.5. The van der Waals surface area contributed by atoms with Crippen molar-refractivity contribution in [3.63, 3.8) is 0 Å². The van der Waals surface area contributed by atoms with Gasteiger partial charge in [0.1, 0.15) is 16.9 Å². The molecule has 2 aliphatic heterocycles. The van der Waals surface area contributed by atoms with Crippen LogP contribution in [0.1, 0.15) is 19.3 Å². The minimum atomic E-state index is 0.180. The van der Waals surface area contributed by atoms with Gasteiger partial charge in [0.15, 0.2) is 0 Å². The van der Waals surface area contributed by atoms with Crippen LogP contribution in [0.25, 0.3) is 0 Å². The summed E-state index contributed by atoms with van der Waals surface area (Å²) >= 11 is 12.4. The molecule has 0 aliphatic carbocycles. The molecule has 0 radical (unpaired) electrons. The molecule has 5 heteroatoms. The Hall–Kier alpha value is -0.480. The van der Waals surface area contributed by atoms with Crippen molar-refractivity contribution in [3.8, 4) is 5.75 Å². The lowest BCUT2D eigenvalue weighted by Gasteiger charge is -2.34. The fraction of sp³-hybridized carbons (Fsp3) is 0.625. The monoisotopic (exact) mass is 329 g/mol. The average Bonchev–Trinajstić information content (AvgIpc) is 3.04. The number of halogens is 2. The molecule has 0 spiro atoms. The molecule has 2 atom stereocenters. The molecule has 1 aromatic carbocycles. The Morgan fingerprint density at radius 1 is 1.14 bits per heavy atom. The number of rotatable bonds is 4. The lowest BCUT2D eigenvalue weighted by atomic mass is 9.85. The molecular weight excluding hydrogens is 309 g/mol. The lowest BCUT2D eigenvalue weighted by molar-refractivity contribution is -0.00129. The number of benzene rings is 1. The Morgan fingerprint density at radius 2 is 1.95 bits per heavy atom. The third-order valence-corrected chi connectivity index (χ3v) is 5.27. The highest BCUT2D eigenvalue weighted by Crippen LogP contribution is 2.36. The minimum absolute atomic E-state index is 0.180. The molecular formula is C16H21Cl2NO2. The van der Waals surface area contributed by atoms with E-state index in [1.807, 2.05) is 12.1 Å². The van der Waals surface area contributed by atoms with Crippen LogP contribution in [0, 0.1) is 11.8 Å². The molecule has 2 heterocycles.